The maximum absolute atomic E-state index is 12.5. The molecule has 0 aliphatic carbocycles. The molecule has 2 rings (SSSR count). The summed E-state index contributed by atoms with van der Waals surface area (Å²) in [6.07, 6.45) is 1.48. The van der Waals surface area contributed by atoms with Gasteiger partial charge in [-0.15, -0.1) is 0 Å². The number of rotatable bonds is 4. The summed E-state index contributed by atoms with van der Waals surface area (Å²) in [5.74, 6) is 0.0512. The van der Waals surface area contributed by atoms with Crippen LogP contribution in [-0.4, -0.2) is 66.1 Å². The lowest BCUT2D eigenvalue weighted by molar-refractivity contribution is 0.0778. The molecule has 1 fully saturated rings. The van der Waals surface area contributed by atoms with Gasteiger partial charge in [0.2, 0.25) is 0 Å². The fraction of sp³-hybridized carbons (Fsp3) is 0.600. The minimum absolute atomic E-state index is 0.0620. The molecule has 0 radical (unpaired) electrons. The lowest BCUT2D eigenvalue weighted by Crippen LogP contribution is -2.33. The van der Waals surface area contributed by atoms with E-state index in [0.29, 0.717) is 13.1 Å². The Morgan fingerprint density at radius 3 is 2.67 bits per heavy atom. The first-order valence-corrected chi connectivity index (χ1v) is 7.16. The van der Waals surface area contributed by atoms with Crippen LogP contribution in [-0.2, 0) is 0 Å². The first kappa shape index (κ1) is 15.7. The van der Waals surface area contributed by atoms with Gasteiger partial charge in [-0.2, -0.15) is 0 Å². The molecule has 2 N–H and O–H groups in total. The zero-order valence-corrected chi connectivity index (χ0v) is 12.8. The summed E-state index contributed by atoms with van der Waals surface area (Å²) in [4.78, 5) is 31.0. The molecular formula is C15H23N3O3. The van der Waals surface area contributed by atoms with E-state index in [2.05, 4.69) is 9.88 Å². The van der Waals surface area contributed by atoms with Gasteiger partial charge in [0.25, 0.3) is 5.91 Å². The van der Waals surface area contributed by atoms with Gasteiger partial charge in [0.1, 0.15) is 5.56 Å². The second kappa shape index (κ2) is 6.41. The number of aromatic amines is 1. The van der Waals surface area contributed by atoms with Crippen molar-refractivity contribution in [2.45, 2.75) is 6.92 Å². The van der Waals surface area contributed by atoms with E-state index in [1.165, 1.54) is 12.3 Å². The minimum atomic E-state index is -0.257. The second-order valence-electron chi connectivity index (χ2n) is 6.07. The summed E-state index contributed by atoms with van der Waals surface area (Å²) in [5.41, 5.74) is 0.646. The molecule has 116 valence electrons. The molecular weight excluding hydrogens is 270 g/mol. The van der Waals surface area contributed by atoms with Gasteiger partial charge in [-0.05, 0) is 26.9 Å². The van der Waals surface area contributed by atoms with Crippen LogP contribution in [0.25, 0.3) is 0 Å². The fourth-order valence-electron chi connectivity index (χ4n) is 2.90. The number of carbonyl (C=O) groups excluding carboxylic acids is 1. The van der Waals surface area contributed by atoms with Crippen LogP contribution in [0.1, 0.15) is 16.1 Å². The number of H-pyrrole nitrogens is 1. The van der Waals surface area contributed by atoms with Gasteiger partial charge in [-0.1, -0.05) is 0 Å². The Labute approximate surface area is 124 Å². The van der Waals surface area contributed by atoms with Crippen LogP contribution in [0.15, 0.2) is 17.1 Å². The van der Waals surface area contributed by atoms with Crippen LogP contribution in [0, 0.1) is 18.8 Å². The maximum Gasteiger partial charge on any atom is 0.259 e. The van der Waals surface area contributed by atoms with Gasteiger partial charge < -0.3 is 19.9 Å². The number of nitrogens with one attached hydrogen (secondary N) is 1. The van der Waals surface area contributed by atoms with Crippen molar-refractivity contribution in [3.8, 4) is 0 Å². The van der Waals surface area contributed by atoms with Gasteiger partial charge in [0.15, 0.2) is 5.43 Å². The number of hydrogen-bond acceptors (Lipinski definition) is 4. The number of nitrogens with zero attached hydrogens (tertiary/aromatic N) is 2. The van der Waals surface area contributed by atoms with Crippen LogP contribution in [0.3, 0.4) is 0 Å². The number of carbonyl (C=O) groups is 1. The van der Waals surface area contributed by atoms with Crippen molar-refractivity contribution in [2.24, 2.45) is 11.8 Å². The summed E-state index contributed by atoms with van der Waals surface area (Å²) in [5, 5.41) is 9.49. The fourth-order valence-corrected chi connectivity index (χ4v) is 2.90. The van der Waals surface area contributed by atoms with Gasteiger partial charge in [-0.3, -0.25) is 9.59 Å². The maximum atomic E-state index is 12.5. The van der Waals surface area contributed by atoms with E-state index in [1.807, 2.05) is 14.1 Å². The van der Waals surface area contributed by atoms with E-state index in [-0.39, 0.29) is 35.3 Å². The number of likely N-dealkylation sites (tertiary alicyclic amines) is 1. The molecule has 2 atom stereocenters. The zero-order chi connectivity index (χ0) is 15.6. The Morgan fingerprint density at radius 1 is 1.43 bits per heavy atom. The number of pyridine rings is 1. The minimum Gasteiger partial charge on any atom is -0.396 e. The van der Waals surface area contributed by atoms with Crippen molar-refractivity contribution in [3.63, 3.8) is 0 Å². The molecule has 21 heavy (non-hydrogen) atoms. The molecule has 1 aliphatic rings. The number of aromatic nitrogens is 1. The summed E-state index contributed by atoms with van der Waals surface area (Å²) in [6, 6.07) is 1.43. The Morgan fingerprint density at radius 2 is 2.10 bits per heavy atom. The molecule has 1 aliphatic heterocycles. The molecule has 6 heteroatoms. The van der Waals surface area contributed by atoms with Crippen molar-refractivity contribution < 1.29 is 9.90 Å². The molecule has 0 unspecified atom stereocenters. The molecule has 0 aromatic carbocycles. The molecule has 1 aromatic heterocycles. The van der Waals surface area contributed by atoms with Crippen molar-refractivity contribution in [1.82, 2.24) is 14.8 Å². The average Bonchev–Trinajstić information content (AvgIpc) is 2.80. The number of amides is 1. The molecule has 0 bridgehead atoms. The van der Waals surface area contributed by atoms with E-state index < -0.39 is 0 Å². The smallest absolute Gasteiger partial charge is 0.259 e. The molecule has 2 heterocycles. The molecule has 1 saturated heterocycles. The van der Waals surface area contributed by atoms with E-state index in [9.17, 15) is 14.7 Å². The third-order valence-electron chi connectivity index (χ3n) is 3.99. The van der Waals surface area contributed by atoms with Crippen LogP contribution in [0.4, 0.5) is 0 Å². The Kier molecular flexibility index (Phi) is 4.80. The summed E-state index contributed by atoms with van der Waals surface area (Å²) in [6.45, 7) is 3.74. The average molecular weight is 293 g/mol. The molecule has 0 saturated carbocycles. The molecule has 1 aromatic rings. The van der Waals surface area contributed by atoms with Crippen molar-refractivity contribution >= 4 is 5.91 Å². The normalized spacial score (nSPS) is 22.0. The first-order chi connectivity index (χ1) is 9.92. The van der Waals surface area contributed by atoms with Gasteiger partial charge >= 0.3 is 0 Å². The highest BCUT2D eigenvalue weighted by atomic mass is 16.3. The first-order valence-electron chi connectivity index (χ1n) is 7.16. The van der Waals surface area contributed by atoms with Crippen molar-refractivity contribution in [2.75, 3.05) is 40.3 Å². The quantitative estimate of drug-likeness (QED) is 0.814. The Bertz CT molecular complexity index is 568. The largest absolute Gasteiger partial charge is 0.396 e. The third kappa shape index (κ3) is 3.51. The summed E-state index contributed by atoms with van der Waals surface area (Å²) < 4.78 is 0. The van der Waals surface area contributed by atoms with E-state index in [1.54, 1.807) is 11.8 Å². The number of hydrogen-bond donors (Lipinski definition) is 2. The lowest BCUT2D eigenvalue weighted by atomic mass is 9.97. The van der Waals surface area contributed by atoms with Crippen LogP contribution < -0.4 is 5.43 Å². The Balaban J connectivity index is 2.15. The highest BCUT2D eigenvalue weighted by Gasteiger charge is 2.35. The van der Waals surface area contributed by atoms with E-state index in [4.69, 9.17) is 0 Å². The summed E-state index contributed by atoms with van der Waals surface area (Å²) >= 11 is 0. The van der Waals surface area contributed by atoms with Crippen molar-refractivity contribution in [3.05, 3.63) is 33.7 Å². The zero-order valence-electron chi connectivity index (χ0n) is 12.8. The van der Waals surface area contributed by atoms with Crippen molar-refractivity contribution in [1.29, 1.82) is 0 Å². The predicted octanol–water partition coefficient (Wildman–Crippen LogP) is -0.0746. The van der Waals surface area contributed by atoms with Crippen LogP contribution in [0.2, 0.25) is 0 Å². The second-order valence-corrected chi connectivity index (χ2v) is 6.07. The lowest BCUT2D eigenvalue weighted by Gasteiger charge is -2.20. The Hall–Kier alpha value is -1.66. The predicted molar refractivity (Wildman–Crippen MR) is 80.3 cm³/mol. The van der Waals surface area contributed by atoms with E-state index >= 15 is 0 Å². The molecule has 0 spiro atoms. The number of aliphatic hydroxyl groups excluding tert-OH is 1. The van der Waals surface area contributed by atoms with Gasteiger partial charge in [0.05, 0.1) is 0 Å². The monoisotopic (exact) mass is 293 g/mol. The number of aryl methyl sites for hydroxylation is 1. The summed E-state index contributed by atoms with van der Waals surface area (Å²) in [7, 11) is 3.95. The standard InChI is InChI=1S/C15H23N3O3/c1-10-4-14(20)13(5-16-10)15(21)18-7-11(6-17(2)3)12(8-18)9-19/h4-5,11-12,19H,6-9H2,1-3H3,(H,16,20)/t11-,12-/m1/s1. The number of aliphatic hydroxyl groups is 1. The van der Waals surface area contributed by atoms with Gasteiger partial charge in [-0.25, -0.2) is 0 Å². The highest BCUT2D eigenvalue weighted by Crippen LogP contribution is 2.24. The highest BCUT2D eigenvalue weighted by molar-refractivity contribution is 5.94. The SMILES string of the molecule is Cc1cc(=O)c(C(=O)N2C[C@@H](CN(C)C)[C@@H](CO)C2)c[nH]1. The van der Waals surface area contributed by atoms with Crippen LogP contribution >= 0.6 is 0 Å². The third-order valence-corrected chi connectivity index (χ3v) is 3.99. The van der Waals surface area contributed by atoms with E-state index in [0.717, 1.165) is 12.2 Å². The van der Waals surface area contributed by atoms with Gasteiger partial charge in [0, 0.05) is 50.1 Å². The van der Waals surface area contributed by atoms with Crippen LogP contribution in [0.5, 0.6) is 0 Å². The molecule has 1 amide bonds. The molecule has 6 nitrogen and oxygen atoms in total. The topological polar surface area (TPSA) is 76.6 Å².